The third-order valence-electron chi connectivity index (χ3n) is 7.28. The summed E-state index contributed by atoms with van der Waals surface area (Å²) in [5, 5.41) is 8.95. The van der Waals surface area contributed by atoms with Gasteiger partial charge in [0.05, 0.1) is 12.7 Å². The minimum absolute atomic E-state index is 0.138. The van der Waals surface area contributed by atoms with Crippen LogP contribution in [0.5, 0.6) is 0 Å². The van der Waals surface area contributed by atoms with Crippen molar-refractivity contribution < 1.29 is 4.74 Å². The number of likely N-dealkylation sites (tertiary alicyclic amines) is 1. The lowest BCUT2D eigenvalue weighted by molar-refractivity contribution is -0.0271. The van der Waals surface area contributed by atoms with Crippen molar-refractivity contribution in [1.82, 2.24) is 14.7 Å². The van der Waals surface area contributed by atoms with Gasteiger partial charge in [-0.3, -0.25) is 5.41 Å². The van der Waals surface area contributed by atoms with Crippen molar-refractivity contribution in [2.75, 3.05) is 78.0 Å². The van der Waals surface area contributed by atoms with Crippen molar-refractivity contribution in [3.63, 3.8) is 0 Å². The first kappa shape index (κ1) is 28.3. The number of amidine groups is 1. The number of benzene rings is 2. The SMILES string of the molecule is CN1CCN(c2ccc(/C=N/C(Cl)=C3/CCN(CC4CN(C)CCO4)C3=N)cc2)CC1.Cc1ccccc1. The molecule has 0 bridgehead atoms. The number of hydrogen-bond acceptors (Lipinski definition) is 6. The molecule has 0 amide bonds. The van der Waals surface area contributed by atoms with E-state index in [0.717, 1.165) is 76.5 Å². The molecule has 3 heterocycles. The summed E-state index contributed by atoms with van der Waals surface area (Å²) < 4.78 is 5.85. The molecule has 1 N–H and O–H groups in total. The Morgan fingerprint density at radius 2 is 1.68 bits per heavy atom. The summed E-state index contributed by atoms with van der Waals surface area (Å²) in [6, 6.07) is 18.7. The number of aliphatic imine (C=N–C) groups is 1. The number of hydrogen-bond donors (Lipinski definition) is 1. The summed E-state index contributed by atoms with van der Waals surface area (Å²) in [7, 11) is 4.28. The van der Waals surface area contributed by atoms with Crippen molar-refractivity contribution in [3.8, 4) is 0 Å². The second-order valence-electron chi connectivity index (χ2n) is 10.4. The summed E-state index contributed by atoms with van der Waals surface area (Å²) in [6.45, 7) is 10.5. The van der Waals surface area contributed by atoms with Crippen molar-refractivity contribution in [2.24, 2.45) is 4.99 Å². The van der Waals surface area contributed by atoms with E-state index in [1.807, 2.05) is 18.2 Å². The van der Waals surface area contributed by atoms with Gasteiger partial charge in [-0.2, -0.15) is 0 Å². The first-order valence-electron chi connectivity index (χ1n) is 13.5. The molecule has 7 nitrogen and oxygen atoms in total. The van der Waals surface area contributed by atoms with Gasteiger partial charge >= 0.3 is 0 Å². The van der Waals surface area contributed by atoms with Crippen LogP contribution in [0.2, 0.25) is 0 Å². The van der Waals surface area contributed by atoms with E-state index in [0.29, 0.717) is 11.0 Å². The first-order chi connectivity index (χ1) is 18.4. The van der Waals surface area contributed by atoms with Crippen LogP contribution in [0.4, 0.5) is 5.69 Å². The number of morpholine rings is 1. The van der Waals surface area contributed by atoms with Crippen LogP contribution in [0.25, 0.3) is 0 Å². The van der Waals surface area contributed by atoms with Gasteiger partial charge in [-0.25, -0.2) is 4.99 Å². The van der Waals surface area contributed by atoms with Gasteiger partial charge in [-0.15, -0.1) is 0 Å². The Hall–Kier alpha value is -2.71. The van der Waals surface area contributed by atoms with Gasteiger partial charge in [0.15, 0.2) is 0 Å². The molecule has 1 unspecified atom stereocenters. The van der Waals surface area contributed by atoms with Crippen molar-refractivity contribution in [1.29, 1.82) is 5.41 Å². The van der Waals surface area contributed by atoms with E-state index in [-0.39, 0.29) is 6.10 Å². The van der Waals surface area contributed by atoms with Crippen LogP contribution in [-0.4, -0.2) is 106 Å². The topological polar surface area (TPSA) is 58.4 Å². The fraction of sp³-hybridized carbons (Fsp3) is 0.467. The van der Waals surface area contributed by atoms with Gasteiger partial charge < -0.3 is 24.3 Å². The number of likely N-dealkylation sites (N-methyl/N-ethyl adjacent to an activating group) is 2. The lowest BCUT2D eigenvalue weighted by atomic mass is 10.2. The number of ether oxygens (including phenoxy) is 1. The number of aryl methyl sites for hydroxylation is 1. The monoisotopic (exact) mass is 536 g/mol. The van der Waals surface area contributed by atoms with Crippen LogP contribution in [-0.2, 0) is 4.74 Å². The predicted molar refractivity (Wildman–Crippen MR) is 159 cm³/mol. The van der Waals surface area contributed by atoms with Gasteiger partial charge in [-0.05, 0) is 45.1 Å². The zero-order chi connectivity index (χ0) is 26.9. The molecule has 0 aromatic heterocycles. The second kappa shape index (κ2) is 13.9. The molecule has 2 aromatic rings. The predicted octanol–water partition coefficient (Wildman–Crippen LogP) is 4.32. The van der Waals surface area contributed by atoms with Crippen LogP contribution in [0, 0.1) is 12.3 Å². The highest BCUT2D eigenvalue weighted by Crippen LogP contribution is 2.25. The Bertz CT molecular complexity index is 1100. The molecule has 0 spiro atoms. The van der Waals surface area contributed by atoms with Crippen molar-refractivity contribution >= 4 is 29.3 Å². The van der Waals surface area contributed by atoms with E-state index in [1.54, 1.807) is 6.21 Å². The number of rotatable bonds is 5. The Morgan fingerprint density at radius 1 is 0.974 bits per heavy atom. The number of nitrogens with zero attached hydrogens (tertiary/aromatic N) is 5. The molecule has 0 radical (unpaired) electrons. The largest absolute Gasteiger partial charge is 0.374 e. The van der Waals surface area contributed by atoms with Crippen LogP contribution >= 0.6 is 11.6 Å². The van der Waals surface area contributed by atoms with Crippen LogP contribution in [0.15, 0.2) is 70.3 Å². The summed E-state index contributed by atoms with van der Waals surface area (Å²) in [5.74, 6) is 0.476. The number of halogens is 1. The van der Waals surface area contributed by atoms with Gasteiger partial charge in [0.25, 0.3) is 0 Å². The highest BCUT2D eigenvalue weighted by molar-refractivity contribution is 6.32. The molecule has 2 aromatic carbocycles. The van der Waals surface area contributed by atoms with Crippen LogP contribution in [0.3, 0.4) is 0 Å². The van der Waals surface area contributed by atoms with E-state index >= 15 is 0 Å². The van der Waals surface area contributed by atoms with E-state index in [1.165, 1.54) is 11.3 Å². The maximum atomic E-state index is 8.53. The average Bonchev–Trinajstić information content (AvgIpc) is 3.28. The van der Waals surface area contributed by atoms with Gasteiger partial charge in [0, 0.05) is 69.8 Å². The van der Waals surface area contributed by atoms with E-state index in [9.17, 15) is 0 Å². The number of piperazine rings is 1. The Balaban J connectivity index is 0.000000417. The van der Waals surface area contributed by atoms with Crippen molar-refractivity contribution in [2.45, 2.75) is 19.4 Å². The fourth-order valence-corrected chi connectivity index (χ4v) is 5.09. The summed E-state index contributed by atoms with van der Waals surface area (Å²) in [5.41, 5.74) is 4.40. The normalized spacial score (nSPS) is 22.5. The molecule has 0 aliphatic carbocycles. The first-order valence-corrected chi connectivity index (χ1v) is 13.9. The second-order valence-corrected chi connectivity index (χ2v) is 10.7. The highest BCUT2D eigenvalue weighted by Gasteiger charge is 2.29. The van der Waals surface area contributed by atoms with Crippen molar-refractivity contribution in [3.05, 3.63) is 76.5 Å². The molecule has 8 heteroatoms. The van der Waals surface area contributed by atoms with Gasteiger partial charge in [0.2, 0.25) is 0 Å². The fourth-order valence-electron chi connectivity index (χ4n) is 4.85. The summed E-state index contributed by atoms with van der Waals surface area (Å²) >= 11 is 6.49. The minimum atomic E-state index is 0.138. The average molecular weight is 537 g/mol. The van der Waals surface area contributed by atoms with Crippen LogP contribution < -0.4 is 4.90 Å². The lowest BCUT2D eigenvalue weighted by Crippen LogP contribution is -2.46. The summed E-state index contributed by atoms with van der Waals surface area (Å²) in [6.07, 6.45) is 2.68. The minimum Gasteiger partial charge on any atom is -0.374 e. The van der Waals surface area contributed by atoms with E-state index < -0.39 is 0 Å². The molecule has 38 heavy (non-hydrogen) atoms. The van der Waals surface area contributed by atoms with Gasteiger partial charge in [-0.1, -0.05) is 59.6 Å². The van der Waals surface area contributed by atoms with Gasteiger partial charge in [0.1, 0.15) is 11.0 Å². The third-order valence-corrected chi connectivity index (χ3v) is 7.60. The molecule has 3 saturated heterocycles. The quantitative estimate of drug-likeness (QED) is 0.456. The van der Waals surface area contributed by atoms with E-state index in [2.05, 4.69) is 82.0 Å². The highest BCUT2D eigenvalue weighted by atomic mass is 35.5. The zero-order valence-electron chi connectivity index (χ0n) is 22.9. The smallest absolute Gasteiger partial charge is 0.135 e. The molecular weight excluding hydrogens is 496 g/mol. The lowest BCUT2D eigenvalue weighted by Gasteiger charge is -2.34. The maximum absolute atomic E-state index is 8.53. The molecule has 1 atom stereocenters. The maximum Gasteiger partial charge on any atom is 0.135 e. The zero-order valence-corrected chi connectivity index (χ0v) is 23.7. The Labute approximate surface area is 232 Å². The molecule has 204 valence electrons. The van der Waals surface area contributed by atoms with E-state index in [4.69, 9.17) is 21.7 Å². The molecule has 3 aliphatic heterocycles. The Morgan fingerprint density at radius 3 is 2.32 bits per heavy atom. The molecular formula is C30H41ClN6O. The molecule has 3 fully saturated rings. The summed E-state index contributed by atoms with van der Waals surface area (Å²) in [4.78, 5) is 13.6. The molecule has 3 aliphatic rings. The molecule has 0 saturated carbocycles. The number of nitrogens with one attached hydrogen (secondary N) is 1. The third kappa shape index (κ3) is 8.14. The molecule has 5 rings (SSSR count). The standard InChI is InChI=1S/C23H33ClN6O.C7H8/c1-27-9-11-29(12-10-27)19-5-3-18(4-6-19)15-26-22(24)21-7-8-30(23(21)25)17-20-16-28(2)13-14-31-20;1-7-5-3-2-4-6-7/h3-6,15,20,25H,7-14,16-17H2,1-2H3;2-6H,1H3/b22-21-,25-23?,26-15+;. The Kier molecular flexibility index (Phi) is 10.4. The number of anilines is 1. The van der Waals surface area contributed by atoms with Crippen LogP contribution in [0.1, 0.15) is 17.5 Å².